The van der Waals surface area contributed by atoms with Gasteiger partial charge in [0.05, 0.1) is 31.1 Å². The van der Waals surface area contributed by atoms with Crippen LogP contribution in [0.5, 0.6) is 0 Å². The smallest absolute Gasteiger partial charge is 0.335 e. The van der Waals surface area contributed by atoms with Gasteiger partial charge in [-0.3, -0.25) is 4.72 Å². The summed E-state index contributed by atoms with van der Waals surface area (Å²) in [4.78, 5) is 12.4. The van der Waals surface area contributed by atoms with Crippen molar-refractivity contribution in [1.82, 2.24) is 0 Å². The fourth-order valence-electron chi connectivity index (χ4n) is 3.08. The number of halogens is 1. The lowest BCUT2D eigenvalue weighted by atomic mass is 9.94. The van der Waals surface area contributed by atoms with Crippen LogP contribution in [0.2, 0.25) is 0 Å². The van der Waals surface area contributed by atoms with Crippen LogP contribution >= 0.6 is 22.6 Å². The minimum absolute atomic E-state index is 0.0541. The second-order valence-electron chi connectivity index (χ2n) is 5.98. The van der Waals surface area contributed by atoms with Gasteiger partial charge >= 0.3 is 5.97 Å². The topological polar surface area (TPSA) is 90.9 Å². The third kappa shape index (κ3) is 4.05. The maximum Gasteiger partial charge on any atom is 0.335 e. The highest BCUT2D eigenvalue weighted by molar-refractivity contribution is 14.1. The van der Waals surface area contributed by atoms with Crippen LogP contribution < -0.4 is 4.72 Å². The van der Waals surface area contributed by atoms with E-state index in [0.29, 0.717) is 25.3 Å². The molecule has 7 nitrogen and oxygen atoms in total. The molecule has 0 amide bonds. The molecule has 1 aliphatic carbocycles. The van der Waals surface area contributed by atoms with Crippen molar-refractivity contribution in [3.63, 3.8) is 0 Å². The molecular formula is C17H20INO6S. The third-order valence-corrected chi connectivity index (χ3v) is 6.95. The Balaban J connectivity index is 1.93. The Labute approximate surface area is 166 Å². The number of hydrogen-bond donors (Lipinski definition) is 1. The van der Waals surface area contributed by atoms with Crippen LogP contribution in [-0.4, -0.2) is 45.2 Å². The zero-order valence-electron chi connectivity index (χ0n) is 14.2. The number of para-hydroxylation sites is 1. The van der Waals surface area contributed by atoms with Crippen LogP contribution in [0.4, 0.5) is 5.69 Å². The number of sulfonamides is 1. The van der Waals surface area contributed by atoms with Crippen LogP contribution in [0, 0.1) is 3.57 Å². The highest BCUT2D eigenvalue weighted by atomic mass is 127. The van der Waals surface area contributed by atoms with E-state index in [2.05, 4.69) is 27.3 Å². The third-order valence-electron chi connectivity index (χ3n) is 4.27. The van der Waals surface area contributed by atoms with E-state index in [4.69, 9.17) is 14.2 Å². The highest BCUT2D eigenvalue weighted by Crippen LogP contribution is 2.37. The number of ether oxygens (including phenoxy) is 3. The molecule has 1 saturated heterocycles. The summed E-state index contributed by atoms with van der Waals surface area (Å²) >= 11 is 2.06. The van der Waals surface area contributed by atoms with E-state index in [0.717, 1.165) is 3.57 Å². The molecule has 0 saturated carbocycles. The number of esters is 1. The second-order valence-corrected chi connectivity index (χ2v) is 9.01. The van der Waals surface area contributed by atoms with Crippen LogP contribution in [0.15, 0.2) is 35.9 Å². The molecule has 3 rings (SSSR count). The van der Waals surface area contributed by atoms with Crippen molar-refractivity contribution in [2.45, 2.75) is 30.8 Å². The molecule has 0 bridgehead atoms. The van der Waals surface area contributed by atoms with Crippen LogP contribution in [0.1, 0.15) is 19.8 Å². The van der Waals surface area contributed by atoms with Crippen LogP contribution in [0.3, 0.4) is 0 Å². The Bertz CT molecular complexity index is 816. The van der Waals surface area contributed by atoms with Crippen molar-refractivity contribution in [2.24, 2.45) is 0 Å². The van der Waals surface area contributed by atoms with Gasteiger partial charge in [-0.15, -0.1) is 0 Å². The predicted molar refractivity (Wildman–Crippen MR) is 104 cm³/mol. The minimum Gasteiger partial charge on any atom is -0.463 e. The van der Waals surface area contributed by atoms with E-state index in [1.165, 1.54) is 6.08 Å². The van der Waals surface area contributed by atoms with E-state index < -0.39 is 27.0 Å². The Morgan fingerprint density at radius 3 is 2.69 bits per heavy atom. The molecule has 1 heterocycles. The largest absolute Gasteiger partial charge is 0.463 e. The summed E-state index contributed by atoms with van der Waals surface area (Å²) in [6.07, 6.45) is 2.03. The highest BCUT2D eigenvalue weighted by Gasteiger charge is 2.46. The standard InChI is InChI=1S/C17H20INO6S/c1-2-23-16(20)12-11-17(24-9-10-25-17)8-7-15(12)26(21,22)19-14-6-4-3-5-13(14)18/h3-6,11,15,19H,2,7-10H2,1H3. The average molecular weight is 493 g/mol. The molecule has 9 heteroatoms. The van der Waals surface area contributed by atoms with Gasteiger partial charge in [0.1, 0.15) is 5.25 Å². The molecule has 26 heavy (non-hydrogen) atoms. The normalized spacial score (nSPS) is 22.1. The second kappa shape index (κ2) is 7.83. The average Bonchev–Trinajstić information content (AvgIpc) is 3.04. The number of benzene rings is 1. The summed E-state index contributed by atoms with van der Waals surface area (Å²) in [5.41, 5.74) is 0.531. The molecule has 0 radical (unpaired) electrons. The number of rotatable bonds is 5. The van der Waals surface area contributed by atoms with E-state index in [1.807, 2.05) is 6.07 Å². The lowest BCUT2D eigenvalue weighted by Gasteiger charge is -2.33. The van der Waals surface area contributed by atoms with E-state index in [-0.39, 0.29) is 18.6 Å². The number of anilines is 1. The zero-order chi connectivity index (χ0) is 18.8. The van der Waals surface area contributed by atoms with Gasteiger partial charge in [0.15, 0.2) is 5.79 Å². The molecule has 1 aromatic rings. The number of carbonyl (C=O) groups excluding carboxylic acids is 1. The van der Waals surface area contributed by atoms with Gasteiger partial charge in [0.2, 0.25) is 10.0 Å². The van der Waals surface area contributed by atoms with Gasteiger partial charge in [-0.05, 0) is 54.1 Å². The molecular weight excluding hydrogens is 473 g/mol. The number of carbonyl (C=O) groups is 1. The number of nitrogens with one attached hydrogen (secondary N) is 1. The zero-order valence-corrected chi connectivity index (χ0v) is 17.2. The molecule has 0 aromatic heterocycles. The molecule has 1 aliphatic heterocycles. The maximum atomic E-state index is 13.0. The van der Waals surface area contributed by atoms with Crippen LogP contribution in [-0.2, 0) is 29.0 Å². The van der Waals surface area contributed by atoms with Crippen molar-refractivity contribution < 1.29 is 27.4 Å². The fraction of sp³-hybridized carbons (Fsp3) is 0.471. The monoisotopic (exact) mass is 493 g/mol. The predicted octanol–water partition coefficient (Wildman–Crippen LogP) is 2.43. The first-order valence-electron chi connectivity index (χ1n) is 8.31. The van der Waals surface area contributed by atoms with Crippen molar-refractivity contribution in [3.8, 4) is 0 Å². The quantitative estimate of drug-likeness (QED) is 0.501. The van der Waals surface area contributed by atoms with Gasteiger partial charge in [-0.1, -0.05) is 12.1 Å². The Kier molecular flexibility index (Phi) is 5.90. The molecule has 1 atom stereocenters. The van der Waals surface area contributed by atoms with Crippen molar-refractivity contribution in [1.29, 1.82) is 0 Å². The molecule has 142 valence electrons. The summed E-state index contributed by atoms with van der Waals surface area (Å²) in [7, 11) is -3.85. The fourth-order valence-corrected chi connectivity index (χ4v) is 5.34. The molecule has 1 unspecified atom stereocenters. The molecule has 1 fully saturated rings. The first-order valence-corrected chi connectivity index (χ1v) is 10.9. The first-order chi connectivity index (χ1) is 12.4. The summed E-state index contributed by atoms with van der Waals surface area (Å²) in [6.45, 7) is 2.64. The summed E-state index contributed by atoms with van der Waals surface area (Å²) in [5, 5.41) is -1.03. The van der Waals surface area contributed by atoms with E-state index >= 15 is 0 Å². The van der Waals surface area contributed by atoms with Crippen LogP contribution in [0.25, 0.3) is 0 Å². The first kappa shape index (κ1) is 19.6. The SMILES string of the molecule is CCOC(=O)C1=CC2(CCC1S(=O)(=O)Nc1ccccc1I)OCCO2. The van der Waals surface area contributed by atoms with Gasteiger partial charge in [0, 0.05) is 9.99 Å². The van der Waals surface area contributed by atoms with Gasteiger partial charge in [0.25, 0.3) is 0 Å². The van der Waals surface area contributed by atoms with Gasteiger partial charge in [-0.25, -0.2) is 13.2 Å². The maximum absolute atomic E-state index is 13.0. The number of hydrogen-bond acceptors (Lipinski definition) is 6. The van der Waals surface area contributed by atoms with E-state index in [9.17, 15) is 13.2 Å². The lowest BCUT2D eigenvalue weighted by Crippen LogP contribution is -2.42. The molecule has 1 aromatic carbocycles. The Morgan fingerprint density at radius 2 is 2.04 bits per heavy atom. The Morgan fingerprint density at radius 1 is 1.35 bits per heavy atom. The van der Waals surface area contributed by atoms with E-state index in [1.54, 1.807) is 25.1 Å². The summed E-state index contributed by atoms with van der Waals surface area (Å²) in [6, 6.07) is 7.05. The summed E-state index contributed by atoms with van der Waals surface area (Å²) < 4.78 is 45.6. The van der Waals surface area contributed by atoms with Crippen molar-refractivity contribution in [3.05, 3.63) is 39.5 Å². The van der Waals surface area contributed by atoms with Crippen molar-refractivity contribution >= 4 is 44.3 Å². The minimum atomic E-state index is -3.85. The van der Waals surface area contributed by atoms with Gasteiger partial charge in [-0.2, -0.15) is 0 Å². The molecule has 2 aliphatic rings. The van der Waals surface area contributed by atoms with Crippen molar-refractivity contribution in [2.75, 3.05) is 24.5 Å². The molecule has 1 spiro atoms. The summed E-state index contributed by atoms with van der Waals surface area (Å²) in [5.74, 6) is -1.70. The van der Waals surface area contributed by atoms with Gasteiger partial charge < -0.3 is 14.2 Å². The Hall–Kier alpha value is -1.17. The lowest BCUT2D eigenvalue weighted by molar-refractivity contribution is -0.143. The molecule has 1 N–H and O–H groups in total.